The molecule has 2 aliphatic heterocycles. The average molecular weight is 234 g/mol. The lowest BCUT2D eigenvalue weighted by atomic mass is 9.98. The highest BCUT2D eigenvalue weighted by Crippen LogP contribution is 2.18. The van der Waals surface area contributed by atoms with Gasteiger partial charge in [-0.2, -0.15) is 0 Å². The Kier molecular flexibility index (Phi) is 3.16. The van der Waals surface area contributed by atoms with E-state index in [4.69, 9.17) is 0 Å². The van der Waals surface area contributed by atoms with Crippen LogP contribution in [-0.2, 0) is 13.0 Å². The van der Waals surface area contributed by atoms with E-state index >= 15 is 0 Å². The molecule has 1 fully saturated rings. The molecule has 4 nitrogen and oxygen atoms in total. The van der Waals surface area contributed by atoms with Crippen LogP contribution < -0.4 is 5.32 Å². The van der Waals surface area contributed by atoms with E-state index in [2.05, 4.69) is 27.1 Å². The fraction of sp³-hybridized carbons (Fsp3) is 0.769. The third-order valence-electron chi connectivity index (χ3n) is 4.03. The number of rotatable bonds is 2. The largest absolute Gasteiger partial charge is 0.347 e. The number of imidazole rings is 1. The van der Waals surface area contributed by atoms with Gasteiger partial charge in [-0.25, -0.2) is 4.98 Å². The Morgan fingerprint density at radius 1 is 1.53 bits per heavy atom. The fourth-order valence-corrected chi connectivity index (χ4v) is 3.12. The Bertz CT molecular complexity index is 373. The number of hydrogen-bond acceptors (Lipinski definition) is 3. The van der Waals surface area contributed by atoms with E-state index in [9.17, 15) is 0 Å². The van der Waals surface area contributed by atoms with E-state index in [1.54, 1.807) is 0 Å². The summed E-state index contributed by atoms with van der Waals surface area (Å²) in [7, 11) is 0. The number of hydrogen-bond donors (Lipinski definition) is 2. The first-order valence-corrected chi connectivity index (χ1v) is 6.78. The maximum Gasteiger partial charge on any atom is 0.0925 e. The highest BCUT2D eigenvalue weighted by molar-refractivity contribution is 5.16. The Morgan fingerprint density at radius 3 is 3.35 bits per heavy atom. The Hall–Kier alpha value is -0.870. The molecular formula is C13H22N4. The molecule has 2 N–H and O–H groups in total. The van der Waals surface area contributed by atoms with Gasteiger partial charge in [-0.3, -0.25) is 0 Å². The maximum absolute atomic E-state index is 4.40. The van der Waals surface area contributed by atoms with Crippen LogP contribution in [0.3, 0.4) is 0 Å². The van der Waals surface area contributed by atoms with Gasteiger partial charge in [-0.05, 0) is 25.3 Å². The lowest BCUT2D eigenvalue weighted by Crippen LogP contribution is -2.47. The summed E-state index contributed by atoms with van der Waals surface area (Å²) in [4.78, 5) is 10.2. The fourth-order valence-electron chi connectivity index (χ4n) is 3.12. The lowest BCUT2D eigenvalue weighted by molar-refractivity contribution is 0.164. The molecule has 0 aliphatic carbocycles. The van der Waals surface area contributed by atoms with Crippen LogP contribution in [0.15, 0.2) is 6.33 Å². The number of nitrogens with zero attached hydrogens (tertiary/aromatic N) is 2. The SMILES string of the molecule is CC1CCCN(CC2Cc3nc[nH]c3CN2)C1. The van der Waals surface area contributed by atoms with Crippen molar-refractivity contribution in [2.45, 2.75) is 38.8 Å². The Labute approximate surface area is 103 Å². The van der Waals surface area contributed by atoms with Crippen molar-refractivity contribution in [3.05, 3.63) is 17.7 Å². The van der Waals surface area contributed by atoms with Crippen LogP contribution in [0.25, 0.3) is 0 Å². The number of piperidine rings is 1. The van der Waals surface area contributed by atoms with Gasteiger partial charge in [0.25, 0.3) is 0 Å². The average Bonchev–Trinajstić information content (AvgIpc) is 2.76. The number of H-pyrrole nitrogens is 1. The predicted octanol–water partition coefficient (Wildman–Crippen LogP) is 1.16. The molecule has 0 amide bonds. The molecule has 1 saturated heterocycles. The zero-order valence-electron chi connectivity index (χ0n) is 10.6. The zero-order chi connectivity index (χ0) is 11.7. The molecule has 94 valence electrons. The smallest absolute Gasteiger partial charge is 0.0925 e. The van der Waals surface area contributed by atoms with Crippen molar-refractivity contribution in [1.29, 1.82) is 0 Å². The molecule has 0 radical (unpaired) electrons. The molecule has 2 aliphatic rings. The van der Waals surface area contributed by atoms with E-state index in [1.807, 2.05) is 6.33 Å². The number of likely N-dealkylation sites (tertiary alicyclic amines) is 1. The van der Waals surface area contributed by atoms with Gasteiger partial charge < -0.3 is 15.2 Å². The molecule has 3 rings (SSSR count). The molecule has 0 spiro atoms. The molecule has 4 heteroatoms. The maximum atomic E-state index is 4.40. The van der Waals surface area contributed by atoms with Crippen LogP contribution in [0, 0.1) is 5.92 Å². The van der Waals surface area contributed by atoms with Crippen LogP contribution in [0.1, 0.15) is 31.2 Å². The summed E-state index contributed by atoms with van der Waals surface area (Å²) >= 11 is 0. The molecule has 2 atom stereocenters. The molecule has 0 bridgehead atoms. The van der Waals surface area contributed by atoms with Gasteiger partial charge in [0, 0.05) is 32.1 Å². The molecule has 1 aromatic rings. The van der Waals surface area contributed by atoms with Gasteiger partial charge in [0.2, 0.25) is 0 Å². The minimum absolute atomic E-state index is 0.580. The minimum Gasteiger partial charge on any atom is -0.347 e. The summed E-state index contributed by atoms with van der Waals surface area (Å²) in [5, 5.41) is 3.61. The quantitative estimate of drug-likeness (QED) is 0.807. The van der Waals surface area contributed by atoms with Gasteiger partial charge in [-0.15, -0.1) is 0 Å². The Balaban J connectivity index is 1.56. The van der Waals surface area contributed by atoms with E-state index in [-0.39, 0.29) is 0 Å². The number of fused-ring (bicyclic) bond motifs is 1. The molecule has 2 unspecified atom stereocenters. The van der Waals surface area contributed by atoms with Crippen LogP contribution in [0.2, 0.25) is 0 Å². The third kappa shape index (κ3) is 2.53. The third-order valence-corrected chi connectivity index (χ3v) is 4.03. The van der Waals surface area contributed by atoms with Crippen LogP contribution in [0.5, 0.6) is 0 Å². The number of aromatic amines is 1. The molecule has 1 aromatic heterocycles. The summed E-state index contributed by atoms with van der Waals surface area (Å²) < 4.78 is 0. The van der Waals surface area contributed by atoms with Crippen molar-refractivity contribution in [2.75, 3.05) is 19.6 Å². The first kappa shape index (κ1) is 11.2. The molecule has 3 heterocycles. The van der Waals surface area contributed by atoms with E-state index in [1.165, 1.54) is 43.9 Å². The van der Waals surface area contributed by atoms with Crippen LogP contribution in [0.4, 0.5) is 0 Å². The molecular weight excluding hydrogens is 212 g/mol. The van der Waals surface area contributed by atoms with Crippen molar-refractivity contribution in [3.63, 3.8) is 0 Å². The van der Waals surface area contributed by atoms with Crippen molar-refractivity contribution in [2.24, 2.45) is 5.92 Å². The van der Waals surface area contributed by atoms with Crippen molar-refractivity contribution < 1.29 is 0 Å². The van der Waals surface area contributed by atoms with Crippen molar-refractivity contribution >= 4 is 0 Å². The van der Waals surface area contributed by atoms with Crippen LogP contribution in [-0.4, -0.2) is 40.5 Å². The Morgan fingerprint density at radius 2 is 2.47 bits per heavy atom. The second kappa shape index (κ2) is 4.78. The van der Waals surface area contributed by atoms with Gasteiger partial charge in [0.05, 0.1) is 17.7 Å². The van der Waals surface area contributed by atoms with E-state index < -0.39 is 0 Å². The highest BCUT2D eigenvalue weighted by atomic mass is 15.2. The number of nitrogens with one attached hydrogen (secondary N) is 2. The highest BCUT2D eigenvalue weighted by Gasteiger charge is 2.24. The minimum atomic E-state index is 0.580. The standard InChI is InChI=1S/C13H22N4/c1-10-3-2-4-17(7-10)8-11-5-12-13(6-14-11)16-9-15-12/h9-11,14H,2-8H2,1H3,(H,15,16). The molecule has 0 saturated carbocycles. The molecule has 0 aromatic carbocycles. The van der Waals surface area contributed by atoms with Crippen LogP contribution >= 0.6 is 0 Å². The summed E-state index contributed by atoms with van der Waals surface area (Å²) in [5.74, 6) is 0.869. The van der Waals surface area contributed by atoms with E-state index in [0.717, 1.165) is 18.9 Å². The van der Waals surface area contributed by atoms with Gasteiger partial charge >= 0.3 is 0 Å². The second-order valence-corrected chi connectivity index (χ2v) is 5.62. The first-order valence-electron chi connectivity index (χ1n) is 6.78. The van der Waals surface area contributed by atoms with Gasteiger partial charge in [-0.1, -0.05) is 6.92 Å². The van der Waals surface area contributed by atoms with Crippen molar-refractivity contribution in [1.82, 2.24) is 20.2 Å². The summed E-state index contributed by atoms with van der Waals surface area (Å²) in [5.41, 5.74) is 2.53. The summed E-state index contributed by atoms with van der Waals surface area (Å²) in [6.07, 6.45) is 5.65. The summed E-state index contributed by atoms with van der Waals surface area (Å²) in [6, 6.07) is 0.580. The molecule has 17 heavy (non-hydrogen) atoms. The van der Waals surface area contributed by atoms with E-state index in [0.29, 0.717) is 6.04 Å². The lowest BCUT2D eigenvalue weighted by Gasteiger charge is -2.35. The van der Waals surface area contributed by atoms with Gasteiger partial charge in [0.15, 0.2) is 0 Å². The normalized spacial score (nSPS) is 30.2. The second-order valence-electron chi connectivity index (χ2n) is 5.62. The predicted molar refractivity (Wildman–Crippen MR) is 67.8 cm³/mol. The van der Waals surface area contributed by atoms with Crippen molar-refractivity contribution in [3.8, 4) is 0 Å². The first-order chi connectivity index (χ1) is 8.31. The zero-order valence-corrected chi connectivity index (χ0v) is 10.6. The number of aromatic nitrogens is 2. The van der Waals surface area contributed by atoms with Gasteiger partial charge in [0.1, 0.15) is 0 Å². The monoisotopic (exact) mass is 234 g/mol. The summed E-state index contributed by atoms with van der Waals surface area (Å²) in [6.45, 7) is 7.04. The topological polar surface area (TPSA) is 44.0 Å².